The highest BCUT2D eigenvalue weighted by molar-refractivity contribution is 6.36. The predicted molar refractivity (Wildman–Crippen MR) is 77.3 cm³/mol. The first-order valence-electron chi connectivity index (χ1n) is 6.59. The van der Waals surface area contributed by atoms with Crippen LogP contribution in [-0.4, -0.2) is 31.3 Å². The number of carboxylic acid groups (broad SMARTS) is 1. The molecule has 0 spiro atoms. The van der Waals surface area contributed by atoms with Gasteiger partial charge in [-0.1, -0.05) is 36.0 Å². The summed E-state index contributed by atoms with van der Waals surface area (Å²) >= 11 is 12.1. The van der Waals surface area contributed by atoms with Crippen LogP contribution in [0.1, 0.15) is 47.8 Å². The maximum Gasteiger partial charge on any atom is 0.338 e. The summed E-state index contributed by atoms with van der Waals surface area (Å²) in [5, 5.41) is 21.5. The number of carboxylic acids is 1. The van der Waals surface area contributed by atoms with Crippen LogP contribution >= 0.6 is 23.2 Å². The van der Waals surface area contributed by atoms with Crippen molar-refractivity contribution in [2.45, 2.75) is 31.6 Å². The number of hydrogen-bond acceptors (Lipinski definition) is 4. The molecule has 1 aromatic heterocycles. The second-order valence-corrected chi connectivity index (χ2v) is 5.86. The van der Waals surface area contributed by atoms with Crippen molar-refractivity contribution in [1.82, 2.24) is 20.2 Å². The Morgan fingerprint density at radius 1 is 1.29 bits per heavy atom. The maximum absolute atomic E-state index is 11.5. The SMILES string of the molecule is O=C(O)c1cc(Cl)cc(Cl)c1-n1nnnc1C1CCCC1. The van der Waals surface area contributed by atoms with Crippen molar-refractivity contribution in [1.29, 1.82) is 0 Å². The molecule has 0 amide bonds. The Labute approximate surface area is 130 Å². The van der Waals surface area contributed by atoms with Gasteiger partial charge in [-0.2, -0.15) is 4.68 Å². The van der Waals surface area contributed by atoms with E-state index in [1.807, 2.05) is 0 Å². The average molecular weight is 327 g/mol. The lowest BCUT2D eigenvalue weighted by Gasteiger charge is -2.13. The zero-order valence-corrected chi connectivity index (χ0v) is 12.5. The van der Waals surface area contributed by atoms with E-state index in [1.165, 1.54) is 16.8 Å². The van der Waals surface area contributed by atoms with Crippen molar-refractivity contribution in [2.24, 2.45) is 0 Å². The van der Waals surface area contributed by atoms with Gasteiger partial charge in [0.25, 0.3) is 0 Å². The third-order valence-electron chi connectivity index (χ3n) is 3.68. The lowest BCUT2D eigenvalue weighted by atomic mass is 10.1. The van der Waals surface area contributed by atoms with E-state index in [-0.39, 0.29) is 27.2 Å². The van der Waals surface area contributed by atoms with Crippen molar-refractivity contribution < 1.29 is 9.90 Å². The summed E-state index contributed by atoms with van der Waals surface area (Å²) in [6, 6.07) is 2.84. The molecule has 3 rings (SSSR count). The van der Waals surface area contributed by atoms with E-state index in [0.29, 0.717) is 5.82 Å². The van der Waals surface area contributed by atoms with E-state index < -0.39 is 5.97 Å². The van der Waals surface area contributed by atoms with E-state index in [1.54, 1.807) is 0 Å². The maximum atomic E-state index is 11.5. The van der Waals surface area contributed by atoms with Crippen molar-refractivity contribution in [2.75, 3.05) is 0 Å². The number of halogens is 2. The first-order valence-corrected chi connectivity index (χ1v) is 7.34. The van der Waals surface area contributed by atoms with E-state index in [2.05, 4.69) is 15.5 Å². The van der Waals surface area contributed by atoms with Gasteiger partial charge in [0.2, 0.25) is 0 Å². The van der Waals surface area contributed by atoms with Crippen LogP contribution in [0, 0.1) is 0 Å². The summed E-state index contributed by atoms with van der Waals surface area (Å²) in [6.07, 6.45) is 4.23. The third kappa shape index (κ3) is 2.61. The summed E-state index contributed by atoms with van der Waals surface area (Å²) in [7, 11) is 0. The van der Waals surface area contributed by atoms with Crippen LogP contribution in [0.3, 0.4) is 0 Å². The van der Waals surface area contributed by atoms with Crippen LogP contribution in [0.25, 0.3) is 5.69 Å². The molecule has 2 aromatic rings. The molecular weight excluding hydrogens is 315 g/mol. The summed E-state index contributed by atoms with van der Waals surface area (Å²) in [4.78, 5) is 11.5. The minimum atomic E-state index is -1.12. The van der Waals surface area contributed by atoms with Crippen molar-refractivity contribution in [3.8, 4) is 5.69 Å². The Morgan fingerprint density at radius 3 is 2.67 bits per heavy atom. The Morgan fingerprint density at radius 2 is 2.00 bits per heavy atom. The first kappa shape index (κ1) is 14.3. The van der Waals surface area contributed by atoms with Crippen LogP contribution in [0.5, 0.6) is 0 Å². The van der Waals surface area contributed by atoms with Gasteiger partial charge >= 0.3 is 5.97 Å². The van der Waals surface area contributed by atoms with Gasteiger partial charge in [0, 0.05) is 10.9 Å². The number of tetrazole rings is 1. The molecule has 110 valence electrons. The third-order valence-corrected chi connectivity index (χ3v) is 4.19. The summed E-state index contributed by atoms with van der Waals surface area (Å²) < 4.78 is 1.43. The minimum absolute atomic E-state index is 0.0148. The fourth-order valence-electron chi connectivity index (χ4n) is 2.74. The Bertz CT molecular complexity index is 695. The van der Waals surface area contributed by atoms with Crippen LogP contribution in [0.4, 0.5) is 0 Å². The molecule has 1 aliphatic rings. The van der Waals surface area contributed by atoms with Crippen LogP contribution in [0.15, 0.2) is 12.1 Å². The largest absolute Gasteiger partial charge is 0.478 e. The van der Waals surface area contributed by atoms with Gasteiger partial charge in [0.1, 0.15) is 5.69 Å². The molecule has 6 nitrogen and oxygen atoms in total. The zero-order chi connectivity index (χ0) is 15.0. The molecule has 1 aromatic carbocycles. The average Bonchev–Trinajstić information content (AvgIpc) is 3.07. The molecule has 0 bridgehead atoms. The number of carbonyl (C=O) groups is 1. The van der Waals surface area contributed by atoms with Crippen molar-refractivity contribution in [3.05, 3.63) is 33.6 Å². The molecule has 0 atom stereocenters. The van der Waals surface area contributed by atoms with Gasteiger partial charge in [0.15, 0.2) is 5.82 Å². The van der Waals surface area contributed by atoms with Crippen LogP contribution < -0.4 is 0 Å². The second kappa shape index (κ2) is 5.61. The zero-order valence-electron chi connectivity index (χ0n) is 11.0. The molecule has 8 heteroatoms. The number of rotatable bonds is 3. The lowest BCUT2D eigenvalue weighted by molar-refractivity contribution is 0.0696. The Balaban J connectivity index is 2.17. The highest BCUT2D eigenvalue weighted by Crippen LogP contribution is 2.35. The van der Waals surface area contributed by atoms with E-state index in [9.17, 15) is 9.90 Å². The molecule has 0 aliphatic heterocycles. The van der Waals surface area contributed by atoms with Gasteiger partial charge in [-0.25, -0.2) is 4.79 Å². The standard InChI is InChI=1S/C13H12Cl2N4O2/c14-8-5-9(13(20)21)11(10(15)6-8)19-12(16-17-18-19)7-3-1-2-4-7/h5-7H,1-4H2,(H,20,21). The predicted octanol–water partition coefficient (Wildman–Crippen LogP) is 3.32. The highest BCUT2D eigenvalue weighted by Gasteiger charge is 2.27. The van der Waals surface area contributed by atoms with E-state index in [0.717, 1.165) is 25.7 Å². The molecule has 1 heterocycles. The smallest absolute Gasteiger partial charge is 0.338 e. The second-order valence-electron chi connectivity index (χ2n) is 5.02. The monoisotopic (exact) mass is 326 g/mol. The number of aromatic nitrogens is 4. The fourth-order valence-corrected chi connectivity index (χ4v) is 3.31. The lowest BCUT2D eigenvalue weighted by Crippen LogP contribution is -2.12. The Hall–Kier alpha value is -1.66. The molecular formula is C13H12Cl2N4O2. The summed E-state index contributed by atoms with van der Waals surface area (Å²) in [6.45, 7) is 0. The van der Waals surface area contributed by atoms with Gasteiger partial charge in [0.05, 0.1) is 10.6 Å². The molecule has 1 saturated carbocycles. The fraction of sp³-hybridized carbons (Fsp3) is 0.385. The van der Waals surface area contributed by atoms with Crippen molar-refractivity contribution in [3.63, 3.8) is 0 Å². The van der Waals surface area contributed by atoms with Crippen LogP contribution in [-0.2, 0) is 0 Å². The minimum Gasteiger partial charge on any atom is -0.478 e. The van der Waals surface area contributed by atoms with Gasteiger partial charge in [-0.15, -0.1) is 5.10 Å². The topological polar surface area (TPSA) is 80.9 Å². The van der Waals surface area contributed by atoms with E-state index >= 15 is 0 Å². The molecule has 0 saturated heterocycles. The van der Waals surface area contributed by atoms with Gasteiger partial charge in [-0.05, 0) is 35.4 Å². The number of benzene rings is 1. The highest BCUT2D eigenvalue weighted by atomic mass is 35.5. The number of nitrogens with zero attached hydrogens (tertiary/aromatic N) is 4. The quantitative estimate of drug-likeness (QED) is 0.935. The summed E-state index contributed by atoms with van der Waals surface area (Å²) in [5.41, 5.74) is 0.250. The first-order chi connectivity index (χ1) is 10.1. The van der Waals surface area contributed by atoms with Crippen LogP contribution in [0.2, 0.25) is 10.0 Å². The van der Waals surface area contributed by atoms with Gasteiger partial charge in [-0.3, -0.25) is 0 Å². The number of aromatic carboxylic acids is 1. The van der Waals surface area contributed by atoms with Gasteiger partial charge < -0.3 is 5.11 Å². The molecule has 1 fully saturated rings. The Kier molecular flexibility index (Phi) is 3.82. The molecule has 1 aliphatic carbocycles. The van der Waals surface area contributed by atoms with E-state index in [4.69, 9.17) is 23.2 Å². The van der Waals surface area contributed by atoms with Crippen molar-refractivity contribution >= 4 is 29.2 Å². The molecule has 0 unspecified atom stereocenters. The summed E-state index contributed by atoms with van der Waals surface area (Å²) in [5.74, 6) is -0.241. The molecule has 0 radical (unpaired) electrons. The number of hydrogen-bond donors (Lipinski definition) is 1. The molecule has 21 heavy (non-hydrogen) atoms. The normalized spacial score (nSPS) is 15.5. The molecule has 1 N–H and O–H groups in total.